The Balaban J connectivity index is 3.06. The van der Waals surface area contributed by atoms with Crippen molar-refractivity contribution in [1.82, 2.24) is 0 Å². The molecule has 1 aromatic carbocycles. The summed E-state index contributed by atoms with van der Waals surface area (Å²) < 4.78 is 0. The van der Waals surface area contributed by atoms with Gasteiger partial charge in [0.2, 0.25) is 0 Å². The second-order valence-corrected chi connectivity index (χ2v) is 3.11. The Morgan fingerprint density at radius 2 is 2.00 bits per heavy atom. The normalized spacial score (nSPS) is 10.9. The van der Waals surface area contributed by atoms with Gasteiger partial charge in [-0.1, -0.05) is 42.8 Å². The highest BCUT2D eigenvalue weighted by atomic mass is 14.0. The molecule has 0 radical (unpaired) electrons. The number of aryl methyl sites for hydroxylation is 2. The minimum Gasteiger partial charge on any atom is -0.0871 e. The molecule has 0 spiro atoms. The quantitative estimate of drug-likeness (QED) is 0.620. The third-order valence-corrected chi connectivity index (χ3v) is 1.93. The molecule has 0 saturated carbocycles. The molecular weight excluding hydrogens is 144 g/mol. The van der Waals surface area contributed by atoms with Crippen LogP contribution >= 0.6 is 0 Å². The summed E-state index contributed by atoms with van der Waals surface area (Å²) in [5, 5.41) is 0. The summed E-state index contributed by atoms with van der Waals surface area (Å²) >= 11 is 0. The van der Waals surface area contributed by atoms with E-state index in [1.807, 2.05) is 6.92 Å². The lowest BCUT2D eigenvalue weighted by atomic mass is 10.0. The number of benzene rings is 1. The van der Waals surface area contributed by atoms with E-state index in [0.717, 1.165) is 6.42 Å². The first-order valence-corrected chi connectivity index (χ1v) is 4.49. The molecule has 0 heteroatoms. The third kappa shape index (κ3) is 2.23. The second-order valence-electron chi connectivity index (χ2n) is 3.11. The van der Waals surface area contributed by atoms with Crippen LogP contribution in [-0.2, 0) is 6.42 Å². The largest absolute Gasteiger partial charge is 0.0871 e. The van der Waals surface area contributed by atoms with Crippen LogP contribution in [0.3, 0.4) is 0 Å². The van der Waals surface area contributed by atoms with E-state index in [1.54, 1.807) is 0 Å². The molecule has 0 aliphatic rings. The first-order chi connectivity index (χ1) is 5.76. The number of hydrogen-bond acceptors (Lipinski definition) is 0. The van der Waals surface area contributed by atoms with Gasteiger partial charge in [0.05, 0.1) is 0 Å². The fourth-order valence-electron chi connectivity index (χ4n) is 1.39. The molecule has 0 aromatic heterocycles. The van der Waals surface area contributed by atoms with Gasteiger partial charge in [-0.15, -0.1) is 0 Å². The highest BCUT2D eigenvalue weighted by Gasteiger charge is 1.93. The summed E-state index contributed by atoms with van der Waals surface area (Å²) in [6, 6.07) is 6.69. The molecule has 0 bridgehead atoms. The standard InChI is InChI=1S/C12H16/c1-4-6-12-8-10(3)7-11(5-2)9-12/h4,6-9H,5H2,1-3H3/b6-4+. The fourth-order valence-corrected chi connectivity index (χ4v) is 1.39. The Labute approximate surface area is 74.9 Å². The van der Waals surface area contributed by atoms with Crippen molar-refractivity contribution < 1.29 is 0 Å². The van der Waals surface area contributed by atoms with Gasteiger partial charge in [0.15, 0.2) is 0 Å². The van der Waals surface area contributed by atoms with E-state index in [2.05, 4.69) is 44.2 Å². The van der Waals surface area contributed by atoms with E-state index < -0.39 is 0 Å². The van der Waals surface area contributed by atoms with Gasteiger partial charge in [0.1, 0.15) is 0 Å². The predicted octanol–water partition coefficient (Wildman–Crippen LogP) is 3.59. The molecule has 0 aliphatic carbocycles. The van der Waals surface area contributed by atoms with Gasteiger partial charge in [-0.2, -0.15) is 0 Å². The topological polar surface area (TPSA) is 0 Å². The van der Waals surface area contributed by atoms with Crippen LogP contribution < -0.4 is 0 Å². The summed E-state index contributed by atoms with van der Waals surface area (Å²) in [6.07, 6.45) is 5.34. The molecule has 0 saturated heterocycles. The maximum Gasteiger partial charge on any atom is -0.0255 e. The van der Waals surface area contributed by atoms with Crippen LogP contribution in [-0.4, -0.2) is 0 Å². The Hall–Kier alpha value is -1.04. The molecule has 1 rings (SSSR count). The maximum atomic E-state index is 2.24. The summed E-state index contributed by atoms with van der Waals surface area (Å²) in [6.45, 7) is 6.38. The van der Waals surface area contributed by atoms with Crippen LogP contribution in [0.25, 0.3) is 6.08 Å². The first kappa shape index (κ1) is 9.05. The molecule has 0 nitrogen and oxygen atoms in total. The predicted molar refractivity (Wildman–Crippen MR) is 55.3 cm³/mol. The van der Waals surface area contributed by atoms with E-state index in [4.69, 9.17) is 0 Å². The van der Waals surface area contributed by atoms with Crippen molar-refractivity contribution in [2.75, 3.05) is 0 Å². The van der Waals surface area contributed by atoms with Crippen molar-refractivity contribution in [2.24, 2.45) is 0 Å². The highest BCUT2D eigenvalue weighted by molar-refractivity contribution is 5.51. The maximum absolute atomic E-state index is 2.24. The lowest BCUT2D eigenvalue weighted by Crippen LogP contribution is -1.84. The molecule has 0 aliphatic heterocycles. The second kappa shape index (κ2) is 4.10. The zero-order valence-electron chi connectivity index (χ0n) is 8.09. The summed E-state index contributed by atoms with van der Waals surface area (Å²) in [4.78, 5) is 0. The van der Waals surface area contributed by atoms with Gasteiger partial charge in [0, 0.05) is 0 Å². The molecule has 0 amide bonds. The molecule has 0 heterocycles. The van der Waals surface area contributed by atoms with Gasteiger partial charge in [-0.25, -0.2) is 0 Å². The average Bonchev–Trinajstić information content (AvgIpc) is 2.04. The zero-order valence-corrected chi connectivity index (χ0v) is 8.09. The van der Waals surface area contributed by atoms with Crippen LogP contribution in [0.2, 0.25) is 0 Å². The van der Waals surface area contributed by atoms with Crippen LogP contribution in [0.4, 0.5) is 0 Å². The number of allylic oxidation sites excluding steroid dienone is 1. The summed E-state index contributed by atoms with van der Waals surface area (Å²) in [5.41, 5.74) is 4.08. The first-order valence-electron chi connectivity index (χ1n) is 4.49. The summed E-state index contributed by atoms with van der Waals surface area (Å²) in [5.74, 6) is 0. The van der Waals surface area contributed by atoms with Crippen LogP contribution in [0.15, 0.2) is 24.3 Å². The van der Waals surface area contributed by atoms with E-state index in [0.29, 0.717) is 0 Å². The van der Waals surface area contributed by atoms with E-state index >= 15 is 0 Å². The van der Waals surface area contributed by atoms with Gasteiger partial charge in [-0.3, -0.25) is 0 Å². The molecule has 0 unspecified atom stereocenters. The molecule has 0 fully saturated rings. The monoisotopic (exact) mass is 160 g/mol. The lowest BCUT2D eigenvalue weighted by molar-refractivity contribution is 1.13. The Bertz CT molecular complexity index is 282. The molecule has 0 N–H and O–H groups in total. The lowest BCUT2D eigenvalue weighted by Gasteiger charge is -2.01. The number of hydrogen-bond donors (Lipinski definition) is 0. The molecule has 12 heavy (non-hydrogen) atoms. The van der Waals surface area contributed by atoms with Gasteiger partial charge in [0.25, 0.3) is 0 Å². The highest BCUT2D eigenvalue weighted by Crippen LogP contribution is 2.11. The van der Waals surface area contributed by atoms with Gasteiger partial charge in [-0.05, 0) is 31.4 Å². The SMILES string of the molecule is C/C=C/c1cc(C)cc(CC)c1. The number of rotatable bonds is 2. The minimum atomic E-state index is 1.12. The van der Waals surface area contributed by atoms with Crippen LogP contribution in [0.5, 0.6) is 0 Å². The van der Waals surface area contributed by atoms with Crippen molar-refractivity contribution in [2.45, 2.75) is 27.2 Å². The van der Waals surface area contributed by atoms with Gasteiger partial charge >= 0.3 is 0 Å². The van der Waals surface area contributed by atoms with Gasteiger partial charge < -0.3 is 0 Å². The minimum absolute atomic E-state index is 1.12. The van der Waals surface area contributed by atoms with Crippen LogP contribution in [0, 0.1) is 6.92 Å². The Morgan fingerprint density at radius 1 is 1.25 bits per heavy atom. The molecule has 64 valence electrons. The summed E-state index contributed by atoms with van der Waals surface area (Å²) in [7, 11) is 0. The molecule has 0 atom stereocenters. The Kier molecular flexibility index (Phi) is 3.09. The van der Waals surface area contributed by atoms with Crippen LogP contribution in [0.1, 0.15) is 30.5 Å². The van der Waals surface area contributed by atoms with E-state index in [-0.39, 0.29) is 0 Å². The van der Waals surface area contributed by atoms with Crippen molar-refractivity contribution in [3.05, 3.63) is 41.0 Å². The molecule has 1 aromatic rings. The third-order valence-electron chi connectivity index (χ3n) is 1.93. The van der Waals surface area contributed by atoms with Crippen molar-refractivity contribution in [3.8, 4) is 0 Å². The fraction of sp³-hybridized carbons (Fsp3) is 0.333. The van der Waals surface area contributed by atoms with E-state index in [1.165, 1.54) is 16.7 Å². The molecular formula is C12H16. The van der Waals surface area contributed by atoms with Crippen molar-refractivity contribution >= 4 is 6.08 Å². The van der Waals surface area contributed by atoms with E-state index in [9.17, 15) is 0 Å². The average molecular weight is 160 g/mol. The zero-order chi connectivity index (χ0) is 8.97. The smallest absolute Gasteiger partial charge is 0.0255 e. The Morgan fingerprint density at radius 3 is 2.58 bits per heavy atom. The van der Waals surface area contributed by atoms with Crippen molar-refractivity contribution in [3.63, 3.8) is 0 Å². The van der Waals surface area contributed by atoms with Crippen molar-refractivity contribution in [1.29, 1.82) is 0 Å².